The number of hydrogen-bond acceptors (Lipinski definition) is 7. The van der Waals surface area contributed by atoms with E-state index in [-0.39, 0.29) is 36.7 Å². The number of aromatic nitrogens is 4. The van der Waals surface area contributed by atoms with Gasteiger partial charge in [-0.3, -0.25) is 9.36 Å². The molecule has 1 fully saturated rings. The number of ether oxygens (including phenoxy) is 2. The Morgan fingerprint density at radius 1 is 1.46 bits per heavy atom. The average Bonchev–Trinajstić information content (AvgIpc) is 3.08. The van der Waals surface area contributed by atoms with E-state index in [9.17, 15) is 4.79 Å². The Bertz CT molecular complexity index is 730. The lowest BCUT2D eigenvalue weighted by Gasteiger charge is -2.17. The van der Waals surface area contributed by atoms with Gasteiger partial charge in [-0.1, -0.05) is 20.8 Å². The molecule has 24 heavy (non-hydrogen) atoms. The van der Waals surface area contributed by atoms with E-state index < -0.39 is 0 Å². The van der Waals surface area contributed by atoms with Gasteiger partial charge >= 0.3 is 5.97 Å². The van der Waals surface area contributed by atoms with Crippen LogP contribution in [0.25, 0.3) is 11.2 Å². The van der Waals surface area contributed by atoms with E-state index in [1.54, 1.807) is 6.33 Å². The number of hydrogen-bond donors (Lipinski definition) is 1. The average molecular weight is 333 g/mol. The number of esters is 1. The fraction of sp³-hybridized carbons (Fsp3) is 0.625. The number of nitrogens with two attached hydrogens (primary N) is 1. The van der Waals surface area contributed by atoms with Crippen molar-refractivity contribution in [2.24, 2.45) is 11.8 Å². The molecule has 3 rings (SSSR count). The van der Waals surface area contributed by atoms with E-state index in [4.69, 9.17) is 15.2 Å². The third kappa shape index (κ3) is 3.33. The van der Waals surface area contributed by atoms with Crippen LogP contribution in [0.15, 0.2) is 12.7 Å². The summed E-state index contributed by atoms with van der Waals surface area (Å²) in [5.41, 5.74) is 7.04. The van der Waals surface area contributed by atoms with Gasteiger partial charge < -0.3 is 15.2 Å². The molecule has 8 heteroatoms. The van der Waals surface area contributed by atoms with Crippen molar-refractivity contribution in [1.82, 2.24) is 19.5 Å². The van der Waals surface area contributed by atoms with Crippen LogP contribution in [0.4, 0.5) is 5.82 Å². The maximum absolute atomic E-state index is 11.7. The van der Waals surface area contributed by atoms with E-state index in [1.165, 1.54) is 6.33 Å². The predicted octanol–water partition coefficient (Wildman–Crippen LogP) is 1.92. The van der Waals surface area contributed by atoms with Crippen LogP contribution in [-0.2, 0) is 14.3 Å². The molecule has 3 atom stereocenters. The van der Waals surface area contributed by atoms with Crippen molar-refractivity contribution in [3.8, 4) is 0 Å². The molecule has 0 aliphatic carbocycles. The van der Waals surface area contributed by atoms with Crippen molar-refractivity contribution in [2.45, 2.75) is 45.9 Å². The number of nitrogen functional groups attached to an aromatic ring is 1. The number of anilines is 1. The molecule has 130 valence electrons. The molecule has 1 aliphatic heterocycles. The van der Waals surface area contributed by atoms with Crippen molar-refractivity contribution in [1.29, 1.82) is 0 Å². The number of imidazole rings is 1. The van der Waals surface area contributed by atoms with Gasteiger partial charge in [0.1, 0.15) is 24.7 Å². The summed E-state index contributed by atoms with van der Waals surface area (Å²) in [7, 11) is 0. The fourth-order valence-electron chi connectivity index (χ4n) is 3.00. The molecule has 3 heterocycles. The first kappa shape index (κ1) is 16.6. The number of fused-ring (bicyclic) bond motifs is 1. The van der Waals surface area contributed by atoms with Crippen LogP contribution in [-0.4, -0.2) is 38.2 Å². The molecular weight excluding hydrogens is 310 g/mol. The van der Waals surface area contributed by atoms with Crippen LogP contribution in [0.1, 0.15) is 39.8 Å². The van der Waals surface area contributed by atoms with Crippen molar-refractivity contribution in [3.63, 3.8) is 0 Å². The van der Waals surface area contributed by atoms with Crippen LogP contribution in [0.3, 0.4) is 0 Å². The van der Waals surface area contributed by atoms with Gasteiger partial charge in [0.2, 0.25) is 0 Å². The first-order valence-corrected chi connectivity index (χ1v) is 8.19. The van der Waals surface area contributed by atoms with Gasteiger partial charge in [-0.15, -0.1) is 0 Å². The molecule has 0 aromatic carbocycles. The topological polar surface area (TPSA) is 105 Å². The van der Waals surface area contributed by atoms with Crippen LogP contribution in [0, 0.1) is 11.8 Å². The molecule has 0 radical (unpaired) electrons. The van der Waals surface area contributed by atoms with Crippen molar-refractivity contribution in [2.75, 3.05) is 12.3 Å². The number of carbonyl (C=O) groups excluding carboxylic acids is 1. The van der Waals surface area contributed by atoms with Gasteiger partial charge in [0.05, 0.1) is 12.4 Å². The van der Waals surface area contributed by atoms with Gasteiger partial charge in [-0.2, -0.15) is 0 Å². The van der Waals surface area contributed by atoms with Crippen molar-refractivity contribution in [3.05, 3.63) is 12.7 Å². The third-order valence-corrected chi connectivity index (χ3v) is 4.12. The van der Waals surface area contributed by atoms with Crippen molar-refractivity contribution >= 4 is 23.0 Å². The van der Waals surface area contributed by atoms with E-state index in [0.717, 1.165) is 6.42 Å². The maximum atomic E-state index is 11.7. The molecule has 0 spiro atoms. The lowest BCUT2D eigenvalue weighted by Crippen LogP contribution is -2.20. The minimum atomic E-state index is -0.210. The molecular formula is C16H23N5O3. The van der Waals surface area contributed by atoms with Crippen LogP contribution in [0.5, 0.6) is 0 Å². The van der Waals surface area contributed by atoms with Gasteiger partial charge in [-0.05, 0) is 12.3 Å². The number of carbonyl (C=O) groups is 1. The Kier molecular flexibility index (Phi) is 4.66. The molecule has 0 bridgehead atoms. The molecule has 0 saturated carbocycles. The largest absolute Gasteiger partial charge is 0.463 e. The minimum absolute atomic E-state index is 0.127. The summed E-state index contributed by atoms with van der Waals surface area (Å²) >= 11 is 0. The Balaban J connectivity index is 1.67. The molecule has 2 aromatic rings. The molecule has 1 aliphatic rings. The standard InChI is InChI=1S/C16H23N5O3/c1-9(2)4-12(22)23-6-11-5-10(3)16(24-11)21-8-20-13-14(17)18-7-19-15(13)21/h7-11,16H,4-6H2,1-3H3,(H2,17,18,19)/t10-,11-,16+/m0/s1. The summed E-state index contributed by atoms with van der Waals surface area (Å²) in [6.45, 7) is 6.35. The predicted molar refractivity (Wildman–Crippen MR) is 87.8 cm³/mol. The number of rotatable bonds is 5. The smallest absolute Gasteiger partial charge is 0.306 e. The van der Waals surface area contributed by atoms with E-state index in [0.29, 0.717) is 23.4 Å². The number of nitrogens with zero attached hydrogens (tertiary/aromatic N) is 4. The highest BCUT2D eigenvalue weighted by Gasteiger charge is 2.35. The zero-order valence-electron chi connectivity index (χ0n) is 14.2. The minimum Gasteiger partial charge on any atom is -0.463 e. The fourth-order valence-corrected chi connectivity index (χ4v) is 3.00. The SMILES string of the molecule is CC(C)CC(=O)OC[C@@H]1C[C@H](C)[C@H](n2cnc3c(N)ncnc32)O1. The Hall–Kier alpha value is -2.22. The highest BCUT2D eigenvalue weighted by molar-refractivity contribution is 5.81. The second kappa shape index (κ2) is 6.72. The summed E-state index contributed by atoms with van der Waals surface area (Å²) in [4.78, 5) is 24.2. The molecule has 0 amide bonds. The second-order valence-corrected chi connectivity index (χ2v) is 6.73. The third-order valence-electron chi connectivity index (χ3n) is 4.12. The monoisotopic (exact) mass is 333 g/mol. The van der Waals surface area contributed by atoms with Crippen molar-refractivity contribution < 1.29 is 14.3 Å². The summed E-state index contributed by atoms with van der Waals surface area (Å²) in [5, 5.41) is 0. The first-order chi connectivity index (χ1) is 11.5. The summed E-state index contributed by atoms with van der Waals surface area (Å²) in [5.74, 6) is 0.699. The first-order valence-electron chi connectivity index (χ1n) is 8.19. The lowest BCUT2D eigenvalue weighted by atomic mass is 10.1. The molecule has 2 aromatic heterocycles. The normalized spacial score (nSPS) is 23.9. The maximum Gasteiger partial charge on any atom is 0.306 e. The molecule has 2 N–H and O–H groups in total. The van der Waals surface area contributed by atoms with Gasteiger partial charge in [0, 0.05) is 12.3 Å². The second-order valence-electron chi connectivity index (χ2n) is 6.73. The van der Waals surface area contributed by atoms with Crippen LogP contribution < -0.4 is 5.73 Å². The highest BCUT2D eigenvalue weighted by Crippen LogP contribution is 2.36. The van der Waals surface area contributed by atoms with Crippen LogP contribution >= 0.6 is 0 Å². The highest BCUT2D eigenvalue weighted by atomic mass is 16.6. The lowest BCUT2D eigenvalue weighted by molar-refractivity contribution is -0.149. The Morgan fingerprint density at radius 2 is 2.25 bits per heavy atom. The van der Waals surface area contributed by atoms with Crippen LogP contribution in [0.2, 0.25) is 0 Å². The summed E-state index contributed by atoms with van der Waals surface area (Å²) < 4.78 is 13.3. The Labute approximate surface area is 140 Å². The van der Waals surface area contributed by atoms with Gasteiger partial charge in [0.25, 0.3) is 0 Å². The quantitative estimate of drug-likeness (QED) is 0.833. The van der Waals surface area contributed by atoms with E-state index in [1.807, 2.05) is 18.4 Å². The molecule has 1 saturated heterocycles. The van der Waals surface area contributed by atoms with E-state index >= 15 is 0 Å². The van der Waals surface area contributed by atoms with E-state index in [2.05, 4.69) is 21.9 Å². The summed E-state index contributed by atoms with van der Waals surface area (Å²) in [6, 6.07) is 0. The zero-order chi connectivity index (χ0) is 17.3. The molecule has 0 unspecified atom stereocenters. The summed E-state index contributed by atoms with van der Waals surface area (Å²) in [6.07, 6.45) is 3.98. The zero-order valence-corrected chi connectivity index (χ0v) is 14.2. The molecule has 8 nitrogen and oxygen atoms in total. The van der Waals surface area contributed by atoms with Gasteiger partial charge in [0.15, 0.2) is 11.5 Å². The van der Waals surface area contributed by atoms with Gasteiger partial charge in [-0.25, -0.2) is 15.0 Å². The Morgan fingerprint density at radius 3 is 3.00 bits per heavy atom.